The van der Waals surface area contributed by atoms with Crippen LogP contribution in [0.2, 0.25) is 0 Å². The number of carbonyl (C=O) groups is 4. The van der Waals surface area contributed by atoms with E-state index in [-0.39, 0.29) is 49.1 Å². The normalized spacial score (nSPS) is 17.1. The Bertz CT molecular complexity index is 1640. The van der Waals surface area contributed by atoms with Crippen molar-refractivity contribution in [1.82, 2.24) is 20.5 Å². The number of carbonyl (C=O) groups excluding carboxylic acids is 4. The summed E-state index contributed by atoms with van der Waals surface area (Å²) in [6.07, 6.45) is 3.50. The molecule has 1 aromatic heterocycles. The maximum absolute atomic E-state index is 14.0. The summed E-state index contributed by atoms with van der Waals surface area (Å²) in [6, 6.07) is 13.8. The molecule has 2 aromatic carbocycles. The Kier molecular flexibility index (Phi) is 14.2. The molecule has 5 N–H and O–H groups in total. The van der Waals surface area contributed by atoms with Crippen molar-refractivity contribution in [2.45, 2.75) is 110 Å². The molecular weight excluding hydrogens is 667 g/mol. The van der Waals surface area contributed by atoms with Gasteiger partial charge in [0.1, 0.15) is 17.8 Å². The van der Waals surface area contributed by atoms with Gasteiger partial charge in [-0.05, 0) is 80.2 Å². The third-order valence-corrected chi connectivity index (χ3v) is 10.1. The van der Waals surface area contributed by atoms with Gasteiger partial charge in [-0.2, -0.15) is 0 Å². The number of aryl methyl sites for hydroxylation is 2. The quantitative estimate of drug-likeness (QED) is 0.139. The number of primary amides is 1. The molecule has 12 heteroatoms. The molecule has 1 aliphatic rings. The van der Waals surface area contributed by atoms with Gasteiger partial charge >= 0.3 is 0 Å². The highest BCUT2D eigenvalue weighted by Crippen LogP contribution is 2.30. The van der Waals surface area contributed by atoms with Gasteiger partial charge < -0.3 is 31.1 Å². The van der Waals surface area contributed by atoms with E-state index in [0.29, 0.717) is 25.9 Å². The van der Waals surface area contributed by atoms with Crippen LogP contribution in [-0.4, -0.2) is 70.0 Å². The average molecular weight is 720 g/mol. The molecule has 0 bridgehead atoms. The van der Waals surface area contributed by atoms with E-state index in [1.165, 1.54) is 4.90 Å². The second kappa shape index (κ2) is 18.3. The fourth-order valence-corrected chi connectivity index (χ4v) is 7.06. The number of aliphatic hydroxyl groups is 1. The smallest absolute Gasteiger partial charge is 0.246 e. The molecule has 1 saturated heterocycles. The monoisotopic (exact) mass is 719 g/mol. The number of thiazole rings is 1. The Balaban J connectivity index is 1.28. The summed E-state index contributed by atoms with van der Waals surface area (Å²) >= 11 is 1.58. The third-order valence-electron chi connectivity index (χ3n) is 9.16. The summed E-state index contributed by atoms with van der Waals surface area (Å²) < 4.78 is 5.81. The van der Waals surface area contributed by atoms with Crippen molar-refractivity contribution in [3.05, 3.63) is 70.9 Å². The molecule has 11 nitrogen and oxygen atoms in total. The molecule has 4 amide bonds. The lowest BCUT2D eigenvalue weighted by atomic mass is 9.85. The number of ether oxygens (including phenoxy) is 1. The number of unbranched alkanes of at least 4 members (excludes halogenated alkanes) is 2. The van der Waals surface area contributed by atoms with Gasteiger partial charge in [-0.3, -0.25) is 19.2 Å². The Labute approximate surface area is 305 Å². The van der Waals surface area contributed by atoms with Crippen molar-refractivity contribution in [3.63, 3.8) is 0 Å². The molecule has 276 valence electrons. The molecule has 3 aromatic rings. The van der Waals surface area contributed by atoms with Crippen molar-refractivity contribution in [2.75, 3.05) is 13.2 Å². The number of benzene rings is 2. The Morgan fingerprint density at radius 2 is 1.76 bits per heavy atom. The lowest BCUT2D eigenvalue weighted by molar-refractivity contribution is -0.144. The highest BCUT2D eigenvalue weighted by molar-refractivity contribution is 7.13. The largest absolute Gasteiger partial charge is 0.494 e. The van der Waals surface area contributed by atoms with Gasteiger partial charge in [0, 0.05) is 25.8 Å². The van der Waals surface area contributed by atoms with Crippen LogP contribution < -0.4 is 21.1 Å². The van der Waals surface area contributed by atoms with Gasteiger partial charge in [0.25, 0.3) is 0 Å². The summed E-state index contributed by atoms with van der Waals surface area (Å²) in [7, 11) is 0. The van der Waals surface area contributed by atoms with E-state index < -0.39 is 23.6 Å². The van der Waals surface area contributed by atoms with Crippen molar-refractivity contribution in [2.24, 2.45) is 11.1 Å². The summed E-state index contributed by atoms with van der Waals surface area (Å²) in [5.41, 5.74) is 10.4. The summed E-state index contributed by atoms with van der Waals surface area (Å²) in [4.78, 5) is 58.4. The van der Waals surface area contributed by atoms with Crippen molar-refractivity contribution in [3.8, 4) is 16.2 Å². The van der Waals surface area contributed by atoms with Gasteiger partial charge in [-0.25, -0.2) is 4.98 Å². The van der Waals surface area contributed by atoms with E-state index >= 15 is 0 Å². The van der Waals surface area contributed by atoms with Crippen molar-refractivity contribution < 1.29 is 29.0 Å². The van der Waals surface area contributed by atoms with Crippen LogP contribution in [-0.2, 0) is 25.6 Å². The molecule has 2 heterocycles. The van der Waals surface area contributed by atoms with Crippen LogP contribution in [0.25, 0.3) is 10.4 Å². The Morgan fingerprint density at radius 3 is 2.43 bits per heavy atom. The average Bonchev–Trinajstić information content (AvgIpc) is 3.70. The van der Waals surface area contributed by atoms with Crippen LogP contribution in [0.4, 0.5) is 0 Å². The fourth-order valence-electron chi connectivity index (χ4n) is 6.25. The summed E-state index contributed by atoms with van der Waals surface area (Å²) in [5, 5.41) is 16.6. The van der Waals surface area contributed by atoms with Crippen LogP contribution in [0.5, 0.6) is 5.75 Å². The number of aromatic nitrogens is 1. The highest BCUT2D eigenvalue weighted by atomic mass is 32.1. The van der Waals surface area contributed by atoms with Crippen LogP contribution in [0, 0.1) is 12.3 Å². The van der Waals surface area contributed by atoms with Gasteiger partial charge in [-0.15, -0.1) is 11.3 Å². The van der Waals surface area contributed by atoms with E-state index in [2.05, 4.69) is 15.6 Å². The first-order valence-corrected chi connectivity index (χ1v) is 18.7. The highest BCUT2D eigenvalue weighted by Gasteiger charge is 2.44. The van der Waals surface area contributed by atoms with Gasteiger partial charge in [0.05, 0.1) is 34.8 Å². The first kappa shape index (κ1) is 39.5. The minimum Gasteiger partial charge on any atom is -0.494 e. The minimum atomic E-state index is -0.873. The lowest BCUT2D eigenvalue weighted by Gasteiger charge is -2.35. The number of β-amino-alcohol motifs (C(OH)–C–C–N with tert-alkyl or cyclic N) is 1. The molecule has 4 rings (SSSR count). The molecule has 1 fully saturated rings. The van der Waals surface area contributed by atoms with E-state index in [4.69, 9.17) is 10.5 Å². The van der Waals surface area contributed by atoms with Crippen molar-refractivity contribution in [1.29, 1.82) is 0 Å². The Hall–Kier alpha value is -4.29. The number of aliphatic hydroxyl groups excluding tert-OH is 1. The third kappa shape index (κ3) is 11.6. The second-order valence-corrected chi connectivity index (χ2v) is 15.4. The second-order valence-electron chi connectivity index (χ2n) is 14.5. The maximum Gasteiger partial charge on any atom is 0.246 e. The topological polar surface area (TPSA) is 164 Å². The standard InChI is InChI=1S/C39H53N5O6S/c1-25(28-16-18-29(19-17-28)35-26(2)41-24-51-35)42-37(48)32-22-30(45)23-44(32)38(49)36(39(3,4)5)43-34(47)15-7-6-11-27-12-10-13-31(21-27)50-20-9-8-14-33(40)46/h10,12-13,16-19,21,24-25,30,32,36,45H,6-9,11,14-15,20,22-23H2,1-5H3,(H2,40,46)(H,42,48)(H,43,47)/t25-,30+,32-,36+/m0/s1. The number of nitrogens with two attached hydrogens (primary N) is 1. The fraction of sp³-hybridized carbons (Fsp3) is 0.513. The zero-order valence-corrected chi connectivity index (χ0v) is 31.3. The number of hydrogen-bond donors (Lipinski definition) is 4. The van der Waals surface area contributed by atoms with Gasteiger partial charge in [0.15, 0.2) is 0 Å². The SMILES string of the molecule is Cc1ncsc1-c1ccc([C@H](C)NC(=O)[C@@H]2C[C@@H](O)CN2C(=O)[C@@H](NC(=O)CCCCc2cccc(OCCCCC(N)=O)c2)C(C)(C)C)cc1. The van der Waals surface area contributed by atoms with Gasteiger partial charge in [-0.1, -0.05) is 57.2 Å². The number of nitrogens with one attached hydrogen (secondary N) is 2. The lowest BCUT2D eigenvalue weighted by Crippen LogP contribution is -2.57. The van der Waals surface area contributed by atoms with E-state index in [1.54, 1.807) is 11.3 Å². The zero-order chi connectivity index (χ0) is 37.1. The van der Waals surface area contributed by atoms with Crippen LogP contribution in [0.15, 0.2) is 54.0 Å². The molecule has 4 atom stereocenters. The van der Waals surface area contributed by atoms with Crippen LogP contribution in [0.1, 0.15) is 95.5 Å². The van der Waals surface area contributed by atoms with Crippen LogP contribution in [0.3, 0.4) is 0 Å². The van der Waals surface area contributed by atoms with Crippen molar-refractivity contribution >= 4 is 35.0 Å². The predicted molar refractivity (Wildman–Crippen MR) is 199 cm³/mol. The maximum atomic E-state index is 14.0. The number of amides is 4. The first-order chi connectivity index (χ1) is 24.2. The van der Waals surface area contributed by atoms with E-state index in [9.17, 15) is 24.3 Å². The van der Waals surface area contributed by atoms with Crippen LogP contribution >= 0.6 is 11.3 Å². The zero-order valence-electron chi connectivity index (χ0n) is 30.4. The first-order valence-electron chi connectivity index (χ1n) is 17.8. The molecule has 1 aliphatic heterocycles. The molecule has 0 unspecified atom stereocenters. The molecule has 51 heavy (non-hydrogen) atoms. The molecule has 0 radical (unpaired) electrons. The van der Waals surface area contributed by atoms with E-state index in [1.807, 2.05) is 88.7 Å². The number of likely N-dealkylation sites (tertiary alicyclic amines) is 1. The number of rotatable bonds is 17. The number of hydrogen-bond acceptors (Lipinski definition) is 8. The predicted octanol–water partition coefficient (Wildman–Crippen LogP) is 5.24. The van der Waals surface area contributed by atoms with E-state index in [0.717, 1.165) is 52.3 Å². The molecule has 0 saturated carbocycles. The Morgan fingerprint density at radius 1 is 1.04 bits per heavy atom. The molecule has 0 aliphatic carbocycles. The molecular formula is C39H53N5O6S. The molecule has 0 spiro atoms. The minimum absolute atomic E-state index is 0.0206. The van der Waals surface area contributed by atoms with Gasteiger partial charge in [0.2, 0.25) is 23.6 Å². The number of nitrogens with zero attached hydrogens (tertiary/aromatic N) is 2. The summed E-state index contributed by atoms with van der Waals surface area (Å²) in [6.45, 7) is 10.0. The summed E-state index contributed by atoms with van der Waals surface area (Å²) in [5.74, 6) is -0.497.